The van der Waals surface area contributed by atoms with Crippen molar-refractivity contribution in [3.8, 4) is 0 Å². The molecular formula is C12H17N5OS. The summed E-state index contributed by atoms with van der Waals surface area (Å²) in [5, 5.41) is 18.8. The van der Waals surface area contributed by atoms with E-state index in [-0.39, 0.29) is 6.61 Å². The van der Waals surface area contributed by atoms with Crippen molar-refractivity contribution in [3.63, 3.8) is 0 Å². The molecule has 19 heavy (non-hydrogen) atoms. The number of aryl methyl sites for hydroxylation is 2. The summed E-state index contributed by atoms with van der Waals surface area (Å²) < 4.78 is 1.83. The van der Waals surface area contributed by atoms with Crippen molar-refractivity contribution in [2.75, 3.05) is 0 Å². The maximum atomic E-state index is 9.13. The molecule has 0 aromatic carbocycles. The minimum absolute atomic E-state index is 0.0296. The molecule has 7 heteroatoms. The summed E-state index contributed by atoms with van der Waals surface area (Å²) in [6, 6.07) is 0. The van der Waals surface area contributed by atoms with E-state index in [1.54, 1.807) is 6.20 Å². The zero-order valence-electron chi connectivity index (χ0n) is 11.3. The van der Waals surface area contributed by atoms with Crippen LogP contribution in [0.25, 0.3) is 0 Å². The fourth-order valence-corrected chi connectivity index (χ4v) is 2.47. The van der Waals surface area contributed by atoms with Crippen LogP contribution in [0.4, 0.5) is 0 Å². The van der Waals surface area contributed by atoms with Crippen LogP contribution in [0, 0.1) is 0 Å². The zero-order valence-corrected chi connectivity index (χ0v) is 12.1. The fraction of sp³-hybridized carbons (Fsp3) is 0.500. The van der Waals surface area contributed by atoms with Crippen molar-refractivity contribution >= 4 is 11.8 Å². The Balaban J connectivity index is 2.25. The molecule has 2 aromatic rings. The standard InChI is InChI=1S/C12H17N5OS/c1-4-9-10(5-2)15-16-11(14-9)19-12-13-6-8(7-18)17(12)3/h6,18H,4-5,7H2,1-3H3. The lowest BCUT2D eigenvalue weighted by molar-refractivity contribution is 0.271. The summed E-state index contributed by atoms with van der Waals surface area (Å²) >= 11 is 1.36. The summed E-state index contributed by atoms with van der Waals surface area (Å²) in [6.45, 7) is 4.07. The second-order valence-corrected chi connectivity index (χ2v) is 4.98. The molecule has 2 aromatic heterocycles. The van der Waals surface area contributed by atoms with E-state index in [9.17, 15) is 0 Å². The lowest BCUT2D eigenvalue weighted by Crippen LogP contribution is -2.04. The van der Waals surface area contributed by atoms with Crippen molar-refractivity contribution < 1.29 is 5.11 Å². The average Bonchev–Trinajstić information content (AvgIpc) is 2.79. The Kier molecular flexibility index (Phi) is 4.49. The van der Waals surface area contributed by atoms with E-state index in [4.69, 9.17) is 5.11 Å². The lowest BCUT2D eigenvalue weighted by atomic mass is 10.2. The Bertz CT molecular complexity index is 569. The first-order valence-electron chi connectivity index (χ1n) is 6.21. The van der Waals surface area contributed by atoms with Gasteiger partial charge in [0.2, 0.25) is 5.16 Å². The molecule has 2 heterocycles. The molecule has 6 nitrogen and oxygen atoms in total. The van der Waals surface area contributed by atoms with Gasteiger partial charge in [-0.15, -0.1) is 5.10 Å². The number of aliphatic hydroxyl groups excluding tert-OH is 1. The van der Waals surface area contributed by atoms with Crippen LogP contribution in [0.2, 0.25) is 0 Å². The minimum atomic E-state index is -0.0296. The van der Waals surface area contributed by atoms with Gasteiger partial charge in [0.1, 0.15) is 0 Å². The Morgan fingerprint density at radius 2 is 1.95 bits per heavy atom. The van der Waals surface area contributed by atoms with E-state index in [2.05, 4.69) is 27.1 Å². The maximum absolute atomic E-state index is 9.13. The summed E-state index contributed by atoms with van der Waals surface area (Å²) in [7, 11) is 1.86. The van der Waals surface area contributed by atoms with Crippen LogP contribution >= 0.6 is 11.8 Å². The molecule has 0 aliphatic heterocycles. The van der Waals surface area contributed by atoms with E-state index in [0.717, 1.165) is 35.1 Å². The zero-order chi connectivity index (χ0) is 13.8. The minimum Gasteiger partial charge on any atom is -0.390 e. The number of aliphatic hydroxyl groups is 1. The van der Waals surface area contributed by atoms with Crippen LogP contribution in [0.3, 0.4) is 0 Å². The van der Waals surface area contributed by atoms with Crippen LogP contribution in [0.1, 0.15) is 30.9 Å². The molecule has 0 spiro atoms. The third kappa shape index (κ3) is 2.93. The van der Waals surface area contributed by atoms with Gasteiger partial charge in [-0.25, -0.2) is 9.97 Å². The summed E-state index contributed by atoms with van der Waals surface area (Å²) in [5.74, 6) is 0. The monoisotopic (exact) mass is 279 g/mol. The van der Waals surface area contributed by atoms with E-state index in [1.165, 1.54) is 11.8 Å². The first-order valence-corrected chi connectivity index (χ1v) is 7.03. The number of nitrogens with zero attached hydrogens (tertiary/aromatic N) is 5. The first-order chi connectivity index (χ1) is 9.19. The molecule has 0 unspecified atom stereocenters. The van der Waals surface area contributed by atoms with Gasteiger partial charge < -0.3 is 9.67 Å². The van der Waals surface area contributed by atoms with Crippen molar-refractivity contribution in [3.05, 3.63) is 23.3 Å². The number of rotatable bonds is 5. The molecule has 0 radical (unpaired) electrons. The van der Waals surface area contributed by atoms with E-state index < -0.39 is 0 Å². The quantitative estimate of drug-likeness (QED) is 0.891. The van der Waals surface area contributed by atoms with E-state index in [1.807, 2.05) is 18.5 Å². The Morgan fingerprint density at radius 3 is 2.53 bits per heavy atom. The van der Waals surface area contributed by atoms with Gasteiger partial charge >= 0.3 is 0 Å². The van der Waals surface area contributed by atoms with Gasteiger partial charge in [0, 0.05) is 7.05 Å². The topological polar surface area (TPSA) is 76.7 Å². The van der Waals surface area contributed by atoms with Gasteiger partial charge in [-0.05, 0) is 24.6 Å². The second-order valence-electron chi connectivity index (χ2n) is 4.05. The Labute approximate surface area is 116 Å². The van der Waals surface area contributed by atoms with E-state index in [0.29, 0.717) is 5.16 Å². The SMILES string of the molecule is CCc1nnc(Sc2ncc(CO)n2C)nc1CC. The Hall–Kier alpha value is -1.47. The molecule has 0 bridgehead atoms. The van der Waals surface area contributed by atoms with Gasteiger partial charge in [0.05, 0.1) is 29.9 Å². The summed E-state index contributed by atoms with van der Waals surface area (Å²) in [6.07, 6.45) is 3.33. The number of aromatic nitrogens is 5. The lowest BCUT2D eigenvalue weighted by Gasteiger charge is -2.05. The molecule has 0 saturated heterocycles. The van der Waals surface area contributed by atoms with Crippen molar-refractivity contribution in [2.24, 2.45) is 7.05 Å². The smallest absolute Gasteiger partial charge is 0.217 e. The summed E-state index contributed by atoms with van der Waals surface area (Å²) in [5.41, 5.74) is 2.69. The molecule has 0 atom stereocenters. The third-order valence-electron chi connectivity index (χ3n) is 2.88. The van der Waals surface area contributed by atoms with Gasteiger partial charge in [0.15, 0.2) is 5.16 Å². The molecule has 0 aliphatic carbocycles. The number of hydrogen-bond acceptors (Lipinski definition) is 6. The molecule has 0 fully saturated rings. The molecule has 0 saturated carbocycles. The molecule has 2 rings (SSSR count). The van der Waals surface area contributed by atoms with Crippen LogP contribution in [-0.2, 0) is 26.5 Å². The molecule has 0 amide bonds. The maximum Gasteiger partial charge on any atom is 0.217 e. The molecule has 102 valence electrons. The fourth-order valence-electron chi connectivity index (χ4n) is 1.71. The van der Waals surface area contributed by atoms with Gasteiger partial charge in [-0.2, -0.15) is 5.10 Å². The van der Waals surface area contributed by atoms with Gasteiger partial charge in [0.25, 0.3) is 0 Å². The summed E-state index contributed by atoms with van der Waals surface area (Å²) in [4.78, 5) is 8.75. The third-order valence-corrected chi connectivity index (χ3v) is 3.79. The first kappa shape index (κ1) is 14.0. The highest BCUT2D eigenvalue weighted by Crippen LogP contribution is 2.23. The van der Waals surface area contributed by atoms with Crippen LogP contribution < -0.4 is 0 Å². The van der Waals surface area contributed by atoms with Gasteiger partial charge in [-0.1, -0.05) is 13.8 Å². The molecule has 0 aliphatic rings. The van der Waals surface area contributed by atoms with Crippen LogP contribution in [0.5, 0.6) is 0 Å². The highest BCUT2D eigenvalue weighted by molar-refractivity contribution is 7.99. The molecule has 1 N–H and O–H groups in total. The second kappa shape index (κ2) is 6.12. The number of hydrogen-bond donors (Lipinski definition) is 1. The van der Waals surface area contributed by atoms with Crippen LogP contribution in [0.15, 0.2) is 16.5 Å². The normalized spacial score (nSPS) is 10.9. The molecular weight excluding hydrogens is 262 g/mol. The number of imidazole rings is 1. The van der Waals surface area contributed by atoms with Crippen molar-refractivity contribution in [1.29, 1.82) is 0 Å². The van der Waals surface area contributed by atoms with Crippen LogP contribution in [-0.4, -0.2) is 29.8 Å². The van der Waals surface area contributed by atoms with Gasteiger partial charge in [-0.3, -0.25) is 0 Å². The predicted molar refractivity (Wildman–Crippen MR) is 71.8 cm³/mol. The van der Waals surface area contributed by atoms with E-state index >= 15 is 0 Å². The largest absolute Gasteiger partial charge is 0.390 e. The average molecular weight is 279 g/mol. The Morgan fingerprint density at radius 1 is 1.21 bits per heavy atom. The highest BCUT2D eigenvalue weighted by atomic mass is 32.2. The highest BCUT2D eigenvalue weighted by Gasteiger charge is 2.12. The van der Waals surface area contributed by atoms with Crippen molar-refractivity contribution in [1.82, 2.24) is 24.7 Å². The predicted octanol–water partition coefficient (Wildman–Crippen LogP) is 1.37. The van der Waals surface area contributed by atoms with Crippen molar-refractivity contribution in [2.45, 2.75) is 43.6 Å².